The summed E-state index contributed by atoms with van der Waals surface area (Å²) >= 11 is 0. The molecule has 1 atom stereocenters. The quantitative estimate of drug-likeness (QED) is 0.761. The monoisotopic (exact) mass is 411 g/mol. The maximum absolute atomic E-state index is 13.1. The highest BCUT2D eigenvalue weighted by atomic mass is 16.5. The minimum atomic E-state index is -0.319. The van der Waals surface area contributed by atoms with Gasteiger partial charge in [0.25, 0.3) is 0 Å². The van der Waals surface area contributed by atoms with Gasteiger partial charge in [0.05, 0.1) is 20.3 Å². The second kappa shape index (κ2) is 9.52. The van der Waals surface area contributed by atoms with Crippen LogP contribution in [-0.2, 0) is 11.2 Å². The molecule has 1 heterocycles. The maximum Gasteiger partial charge on any atom is 0.322 e. The Morgan fingerprint density at radius 3 is 2.40 bits per heavy atom. The third-order valence-electron chi connectivity index (χ3n) is 5.28. The van der Waals surface area contributed by atoms with E-state index >= 15 is 0 Å². The molecule has 0 radical (unpaired) electrons. The first-order valence-electron chi connectivity index (χ1n) is 10.1. The fraction of sp³-hybridized carbons (Fsp3) is 0.391. The topological polar surface area (TPSA) is 79.9 Å². The summed E-state index contributed by atoms with van der Waals surface area (Å²) < 4.78 is 10.9. The molecule has 7 heteroatoms. The van der Waals surface area contributed by atoms with Crippen LogP contribution in [0.4, 0.5) is 10.5 Å². The van der Waals surface area contributed by atoms with Gasteiger partial charge in [0.2, 0.25) is 5.91 Å². The van der Waals surface area contributed by atoms with Crippen molar-refractivity contribution in [1.29, 1.82) is 0 Å². The fourth-order valence-electron chi connectivity index (χ4n) is 3.61. The summed E-state index contributed by atoms with van der Waals surface area (Å²) in [7, 11) is 3.19. The number of rotatable bonds is 6. The number of amides is 3. The van der Waals surface area contributed by atoms with Crippen molar-refractivity contribution in [2.24, 2.45) is 5.92 Å². The number of hydrogen-bond acceptors (Lipinski definition) is 4. The standard InChI is InChI=1S/C23H29N3O4/c1-15(2)22(27)24-14-19-18-13-21(30-4)20(29-3)12-16(18)10-11-26(19)23(28)25-17-8-6-5-7-9-17/h5-9,12-13,15,19H,10-11,14H2,1-4H3,(H,24,27)(H,25,28)/t19-/m1/s1. The normalized spacial score (nSPS) is 15.4. The molecule has 0 aliphatic carbocycles. The number of para-hydroxylation sites is 1. The number of hydrogen-bond donors (Lipinski definition) is 2. The first-order chi connectivity index (χ1) is 14.4. The van der Waals surface area contributed by atoms with Gasteiger partial charge in [-0.05, 0) is 41.8 Å². The largest absolute Gasteiger partial charge is 0.493 e. The second-order valence-corrected chi connectivity index (χ2v) is 7.56. The van der Waals surface area contributed by atoms with E-state index in [0.29, 0.717) is 31.0 Å². The Kier molecular flexibility index (Phi) is 6.82. The minimum Gasteiger partial charge on any atom is -0.493 e. The molecule has 0 aromatic heterocycles. The number of carbonyl (C=O) groups is 2. The third-order valence-corrected chi connectivity index (χ3v) is 5.28. The van der Waals surface area contributed by atoms with Crippen LogP contribution in [0, 0.1) is 5.92 Å². The summed E-state index contributed by atoms with van der Waals surface area (Å²) in [5.74, 6) is 1.07. The van der Waals surface area contributed by atoms with Crippen molar-refractivity contribution in [3.8, 4) is 11.5 Å². The minimum absolute atomic E-state index is 0.0500. The van der Waals surface area contributed by atoms with E-state index in [9.17, 15) is 9.59 Å². The van der Waals surface area contributed by atoms with Gasteiger partial charge in [-0.25, -0.2) is 4.79 Å². The van der Waals surface area contributed by atoms with E-state index < -0.39 is 0 Å². The fourth-order valence-corrected chi connectivity index (χ4v) is 3.61. The van der Waals surface area contributed by atoms with Crippen LogP contribution >= 0.6 is 0 Å². The van der Waals surface area contributed by atoms with Crippen LogP contribution in [0.3, 0.4) is 0 Å². The lowest BCUT2D eigenvalue weighted by atomic mass is 9.91. The lowest BCUT2D eigenvalue weighted by Crippen LogP contribution is -2.47. The summed E-state index contributed by atoms with van der Waals surface area (Å²) in [4.78, 5) is 27.1. The first-order valence-corrected chi connectivity index (χ1v) is 10.1. The number of nitrogens with one attached hydrogen (secondary N) is 2. The predicted molar refractivity (Wildman–Crippen MR) is 116 cm³/mol. The van der Waals surface area contributed by atoms with E-state index in [0.717, 1.165) is 16.8 Å². The SMILES string of the molecule is COc1cc2c(cc1OC)[C@@H](CNC(=O)C(C)C)N(C(=O)Nc1ccccc1)CC2. The zero-order valence-corrected chi connectivity index (χ0v) is 17.9. The molecule has 0 fully saturated rings. The number of fused-ring (bicyclic) bond motifs is 1. The molecule has 2 aromatic carbocycles. The predicted octanol–water partition coefficient (Wildman–Crippen LogP) is 3.61. The van der Waals surface area contributed by atoms with Gasteiger partial charge in [-0.2, -0.15) is 0 Å². The van der Waals surface area contributed by atoms with Crippen molar-refractivity contribution < 1.29 is 19.1 Å². The van der Waals surface area contributed by atoms with Crippen LogP contribution in [0.25, 0.3) is 0 Å². The van der Waals surface area contributed by atoms with Crippen molar-refractivity contribution in [2.45, 2.75) is 26.3 Å². The van der Waals surface area contributed by atoms with Gasteiger partial charge in [0, 0.05) is 24.7 Å². The van der Waals surface area contributed by atoms with Crippen LogP contribution in [0.5, 0.6) is 11.5 Å². The number of ether oxygens (including phenoxy) is 2. The number of urea groups is 1. The summed E-state index contributed by atoms with van der Waals surface area (Å²) in [5.41, 5.74) is 2.76. The average molecular weight is 412 g/mol. The van der Waals surface area contributed by atoms with Crippen LogP contribution < -0.4 is 20.1 Å². The number of methoxy groups -OCH3 is 2. The lowest BCUT2D eigenvalue weighted by Gasteiger charge is -2.38. The molecular formula is C23H29N3O4. The molecular weight excluding hydrogens is 382 g/mol. The van der Waals surface area contributed by atoms with Crippen LogP contribution in [0.15, 0.2) is 42.5 Å². The van der Waals surface area contributed by atoms with Gasteiger partial charge < -0.3 is 25.0 Å². The Morgan fingerprint density at radius 2 is 1.77 bits per heavy atom. The second-order valence-electron chi connectivity index (χ2n) is 7.56. The van der Waals surface area contributed by atoms with Crippen LogP contribution in [0.1, 0.15) is 31.0 Å². The molecule has 0 saturated heterocycles. The van der Waals surface area contributed by atoms with Crippen molar-refractivity contribution in [2.75, 3.05) is 32.6 Å². The van der Waals surface area contributed by atoms with Gasteiger partial charge in [0.15, 0.2) is 11.5 Å². The van der Waals surface area contributed by atoms with E-state index in [1.54, 1.807) is 19.1 Å². The molecule has 2 N–H and O–H groups in total. The molecule has 30 heavy (non-hydrogen) atoms. The van der Waals surface area contributed by atoms with Crippen LogP contribution in [0.2, 0.25) is 0 Å². The molecule has 3 amide bonds. The van der Waals surface area contributed by atoms with E-state index in [-0.39, 0.29) is 23.9 Å². The molecule has 3 rings (SSSR count). The van der Waals surface area contributed by atoms with Gasteiger partial charge in [0.1, 0.15) is 0 Å². The number of anilines is 1. The smallest absolute Gasteiger partial charge is 0.322 e. The Balaban J connectivity index is 1.92. The highest BCUT2D eigenvalue weighted by Gasteiger charge is 2.32. The number of nitrogens with zero attached hydrogens (tertiary/aromatic N) is 1. The van der Waals surface area contributed by atoms with E-state index in [4.69, 9.17) is 9.47 Å². The Hall–Kier alpha value is -3.22. The summed E-state index contributed by atoms with van der Waals surface area (Å²) in [6.45, 7) is 4.54. The summed E-state index contributed by atoms with van der Waals surface area (Å²) in [5, 5.41) is 5.93. The van der Waals surface area contributed by atoms with Gasteiger partial charge in [-0.15, -0.1) is 0 Å². The van der Waals surface area contributed by atoms with E-state index in [1.807, 2.05) is 56.3 Å². The Morgan fingerprint density at radius 1 is 1.10 bits per heavy atom. The van der Waals surface area contributed by atoms with Gasteiger partial charge in [-0.1, -0.05) is 32.0 Å². The lowest BCUT2D eigenvalue weighted by molar-refractivity contribution is -0.124. The van der Waals surface area contributed by atoms with Gasteiger partial charge in [-0.3, -0.25) is 4.79 Å². The van der Waals surface area contributed by atoms with E-state index in [1.165, 1.54) is 0 Å². The molecule has 0 saturated carbocycles. The Labute approximate surface area is 177 Å². The zero-order chi connectivity index (χ0) is 21.7. The molecule has 0 bridgehead atoms. The van der Waals surface area contributed by atoms with E-state index in [2.05, 4.69) is 10.6 Å². The molecule has 7 nitrogen and oxygen atoms in total. The molecule has 0 unspecified atom stereocenters. The first kappa shape index (κ1) is 21.5. The van der Waals surface area contributed by atoms with Crippen molar-refractivity contribution in [1.82, 2.24) is 10.2 Å². The maximum atomic E-state index is 13.1. The number of carbonyl (C=O) groups excluding carboxylic acids is 2. The Bertz CT molecular complexity index is 899. The average Bonchev–Trinajstić information content (AvgIpc) is 2.76. The molecule has 1 aliphatic rings. The van der Waals surface area contributed by atoms with Crippen molar-refractivity contribution >= 4 is 17.6 Å². The highest BCUT2D eigenvalue weighted by Crippen LogP contribution is 2.38. The molecule has 2 aromatic rings. The molecule has 160 valence electrons. The van der Waals surface area contributed by atoms with Crippen molar-refractivity contribution in [3.05, 3.63) is 53.6 Å². The summed E-state index contributed by atoms with van der Waals surface area (Å²) in [6.07, 6.45) is 0.687. The van der Waals surface area contributed by atoms with Crippen molar-refractivity contribution in [3.63, 3.8) is 0 Å². The third kappa shape index (κ3) is 4.67. The number of benzene rings is 2. The molecule has 0 spiro atoms. The van der Waals surface area contributed by atoms with Gasteiger partial charge >= 0.3 is 6.03 Å². The summed E-state index contributed by atoms with van der Waals surface area (Å²) in [6, 6.07) is 12.7. The highest BCUT2D eigenvalue weighted by molar-refractivity contribution is 5.90. The molecule has 1 aliphatic heterocycles. The van der Waals surface area contributed by atoms with Crippen LogP contribution in [-0.4, -0.2) is 44.1 Å². The zero-order valence-electron chi connectivity index (χ0n) is 17.9.